The first-order chi connectivity index (χ1) is 16.4. The van der Waals surface area contributed by atoms with E-state index in [1.165, 1.54) is 12.3 Å². The average molecular weight is 489 g/mol. The van der Waals surface area contributed by atoms with Gasteiger partial charge in [0, 0.05) is 74.5 Å². The molecule has 2 aromatic heterocycles. The molecule has 2 aromatic rings. The number of carbonyl (C=O) groups excluding carboxylic acids is 1. The van der Waals surface area contributed by atoms with E-state index >= 15 is 0 Å². The number of halogens is 2. The molecule has 2 aliphatic heterocycles. The summed E-state index contributed by atoms with van der Waals surface area (Å²) in [6, 6.07) is 3.97. The van der Waals surface area contributed by atoms with Crippen molar-refractivity contribution in [1.82, 2.24) is 25.0 Å². The molecule has 35 heavy (non-hydrogen) atoms. The number of hydrogen-bond acceptors (Lipinski definition) is 5. The Labute approximate surface area is 206 Å². The third-order valence-electron chi connectivity index (χ3n) is 7.25. The van der Waals surface area contributed by atoms with Gasteiger partial charge in [-0.2, -0.15) is 5.10 Å². The lowest BCUT2D eigenvalue weighted by molar-refractivity contribution is -0.120. The van der Waals surface area contributed by atoms with Crippen molar-refractivity contribution in [3.05, 3.63) is 41.0 Å². The highest BCUT2D eigenvalue weighted by Crippen LogP contribution is 2.42. The Morgan fingerprint density at radius 3 is 2.71 bits per heavy atom. The first-order valence-electron chi connectivity index (χ1n) is 12.6. The molecule has 2 atom stereocenters. The van der Waals surface area contributed by atoms with E-state index in [4.69, 9.17) is 0 Å². The lowest BCUT2D eigenvalue weighted by Gasteiger charge is -2.39. The summed E-state index contributed by atoms with van der Waals surface area (Å²) in [5, 5.41) is 7.98. The zero-order chi connectivity index (χ0) is 25.5. The molecule has 4 heterocycles. The van der Waals surface area contributed by atoms with E-state index < -0.39 is 11.3 Å². The topological polar surface area (TPSA) is 66.3 Å². The summed E-state index contributed by atoms with van der Waals surface area (Å²) >= 11 is 0. The highest BCUT2D eigenvalue weighted by molar-refractivity contribution is 5.97. The van der Waals surface area contributed by atoms with Crippen molar-refractivity contribution in [2.45, 2.75) is 77.3 Å². The van der Waals surface area contributed by atoms with Crippen LogP contribution in [0.25, 0.3) is 0 Å². The number of fused-ring (bicyclic) bond motifs is 1. The molecule has 0 unspecified atom stereocenters. The van der Waals surface area contributed by atoms with Crippen LogP contribution >= 0.6 is 0 Å². The molecule has 0 saturated carbocycles. The fraction of sp³-hybridized carbons (Fsp3) is 0.654. The number of piperazine rings is 1. The smallest absolute Gasteiger partial charge is 0.274 e. The third-order valence-corrected chi connectivity index (χ3v) is 7.25. The molecule has 0 radical (unpaired) electrons. The molecule has 1 saturated heterocycles. The molecule has 7 nitrogen and oxygen atoms in total. The molecule has 0 aliphatic carbocycles. The maximum absolute atomic E-state index is 14.7. The number of alkyl halides is 2. The molecular weight excluding hydrogens is 450 g/mol. The highest BCUT2D eigenvalue weighted by Gasteiger charge is 2.42. The van der Waals surface area contributed by atoms with Gasteiger partial charge < -0.3 is 10.2 Å². The van der Waals surface area contributed by atoms with Gasteiger partial charge in [-0.25, -0.2) is 8.78 Å². The minimum absolute atomic E-state index is 0.0742. The Morgan fingerprint density at radius 2 is 2.06 bits per heavy atom. The van der Waals surface area contributed by atoms with Gasteiger partial charge in [0.05, 0.1) is 23.6 Å². The van der Waals surface area contributed by atoms with Crippen molar-refractivity contribution in [1.29, 1.82) is 0 Å². The maximum Gasteiger partial charge on any atom is 0.274 e. The molecule has 1 N–H and O–H groups in total. The summed E-state index contributed by atoms with van der Waals surface area (Å²) in [5.41, 5.74) is 2.82. The Kier molecular flexibility index (Phi) is 7.03. The van der Waals surface area contributed by atoms with Gasteiger partial charge in [-0.15, -0.1) is 0 Å². The minimum atomic E-state index is -2.96. The SMILES string of the molecule is CCCC(F)(F)c1cnc2c(c1)N(C(=O)CN1C[C@@H](C)NC[C@@H]1Cc1cc(C)nn1C)CC2(C)C. The van der Waals surface area contributed by atoms with Crippen LogP contribution in [0.3, 0.4) is 0 Å². The van der Waals surface area contributed by atoms with Gasteiger partial charge in [-0.05, 0) is 26.0 Å². The predicted molar refractivity (Wildman–Crippen MR) is 133 cm³/mol. The van der Waals surface area contributed by atoms with Gasteiger partial charge in [-0.3, -0.25) is 19.4 Å². The van der Waals surface area contributed by atoms with E-state index in [2.05, 4.69) is 33.3 Å². The number of anilines is 1. The van der Waals surface area contributed by atoms with E-state index in [0.717, 1.165) is 30.9 Å². The van der Waals surface area contributed by atoms with Crippen LogP contribution in [0.4, 0.5) is 14.5 Å². The summed E-state index contributed by atoms with van der Waals surface area (Å²) in [5.74, 6) is -3.03. The van der Waals surface area contributed by atoms with Crippen molar-refractivity contribution in [2.24, 2.45) is 7.05 Å². The lowest BCUT2D eigenvalue weighted by atomic mass is 9.91. The van der Waals surface area contributed by atoms with E-state index in [1.54, 1.807) is 11.8 Å². The van der Waals surface area contributed by atoms with E-state index in [-0.39, 0.29) is 36.5 Å². The monoisotopic (exact) mass is 488 g/mol. The predicted octanol–water partition coefficient (Wildman–Crippen LogP) is 3.54. The fourth-order valence-corrected chi connectivity index (χ4v) is 5.40. The van der Waals surface area contributed by atoms with Crippen LogP contribution in [0.2, 0.25) is 0 Å². The van der Waals surface area contributed by atoms with Gasteiger partial charge >= 0.3 is 0 Å². The van der Waals surface area contributed by atoms with Crippen LogP contribution in [0.15, 0.2) is 18.3 Å². The van der Waals surface area contributed by atoms with Crippen LogP contribution < -0.4 is 10.2 Å². The second-order valence-electron chi connectivity index (χ2n) is 10.9. The van der Waals surface area contributed by atoms with Crippen molar-refractivity contribution >= 4 is 11.6 Å². The van der Waals surface area contributed by atoms with Crippen molar-refractivity contribution in [3.8, 4) is 0 Å². The number of nitrogens with zero attached hydrogens (tertiary/aromatic N) is 5. The highest BCUT2D eigenvalue weighted by atomic mass is 19.3. The van der Waals surface area contributed by atoms with Crippen molar-refractivity contribution in [3.63, 3.8) is 0 Å². The molecule has 192 valence electrons. The number of hydrogen-bond donors (Lipinski definition) is 1. The molecule has 0 bridgehead atoms. The second-order valence-corrected chi connectivity index (χ2v) is 10.9. The maximum atomic E-state index is 14.7. The summed E-state index contributed by atoms with van der Waals surface area (Å²) in [6.07, 6.45) is 2.20. The molecule has 1 amide bonds. The van der Waals surface area contributed by atoms with E-state index in [1.807, 2.05) is 32.5 Å². The number of pyridine rings is 1. The van der Waals surface area contributed by atoms with Gasteiger partial charge in [-0.1, -0.05) is 27.2 Å². The Balaban J connectivity index is 1.57. The minimum Gasteiger partial charge on any atom is -0.311 e. The fourth-order valence-electron chi connectivity index (χ4n) is 5.40. The number of aromatic nitrogens is 3. The van der Waals surface area contributed by atoms with Crippen LogP contribution in [0, 0.1) is 6.92 Å². The van der Waals surface area contributed by atoms with Crippen molar-refractivity contribution in [2.75, 3.05) is 31.1 Å². The van der Waals surface area contributed by atoms with E-state index in [9.17, 15) is 13.6 Å². The molecule has 4 rings (SSSR count). The van der Waals surface area contributed by atoms with E-state index in [0.29, 0.717) is 24.3 Å². The second kappa shape index (κ2) is 9.58. The Hall–Kier alpha value is -2.39. The number of nitrogens with one attached hydrogen (secondary N) is 1. The Bertz CT molecular complexity index is 1080. The lowest BCUT2D eigenvalue weighted by Crippen LogP contribution is -2.58. The first-order valence-corrected chi connectivity index (χ1v) is 12.6. The zero-order valence-corrected chi connectivity index (χ0v) is 21.7. The van der Waals surface area contributed by atoms with Gasteiger partial charge in [0.1, 0.15) is 0 Å². The number of carbonyl (C=O) groups is 1. The number of amides is 1. The van der Waals surface area contributed by atoms with Crippen LogP contribution in [0.1, 0.15) is 63.2 Å². The average Bonchev–Trinajstić information content (AvgIpc) is 3.24. The summed E-state index contributed by atoms with van der Waals surface area (Å²) < 4.78 is 31.3. The Morgan fingerprint density at radius 1 is 1.31 bits per heavy atom. The largest absolute Gasteiger partial charge is 0.311 e. The first kappa shape index (κ1) is 25.7. The molecule has 0 spiro atoms. The molecule has 1 fully saturated rings. The standard InChI is InChI=1S/C26H38F2N6O/c1-7-8-26(27,28)19-10-22-24(30-12-19)25(4,5)16-34(22)23(35)15-33-14-18(3)29-13-21(33)11-20-9-17(2)31-32(20)6/h9-10,12,18,21,29H,7-8,11,13-16H2,1-6H3/t18-,21+/m1/s1. The summed E-state index contributed by atoms with van der Waals surface area (Å²) in [7, 11) is 1.94. The van der Waals surface area contributed by atoms with Gasteiger partial charge in [0.25, 0.3) is 5.92 Å². The van der Waals surface area contributed by atoms with Gasteiger partial charge in [0.2, 0.25) is 5.91 Å². The molecule has 9 heteroatoms. The van der Waals surface area contributed by atoms with Crippen LogP contribution in [-0.2, 0) is 29.6 Å². The number of rotatable bonds is 7. The van der Waals surface area contributed by atoms with Crippen LogP contribution in [-0.4, -0.2) is 63.8 Å². The normalized spacial score (nSPS) is 22.5. The summed E-state index contributed by atoms with van der Waals surface area (Å²) in [4.78, 5) is 22.0. The third kappa shape index (κ3) is 5.26. The van der Waals surface area contributed by atoms with Gasteiger partial charge in [0.15, 0.2) is 0 Å². The summed E-state index contributed by atoms with van der Waals surface area (Å²) in [6.45, 7) is 12.0. The molecule has 0 aromatic carbocycles. The molecular formula is C26H38F2N6O. The van der Waals surface area contributed by atoms with Crippen molar-refractivity contribution < 1.29 is 13.6 Å². The zero-order valence-electron chi connectivity index (χ0n) is 21.7. The molecule has 2 aliphatic rings. The van der Waals surface area contributed by atoms with Crippen LogP contribution in [0.5, 0.6) is 0 Å². The quantitative estimate of drug-likeness (QED) is 0.646. The number of aryl methyl sites for hydroxylation is 2.